The summed E-state index contributed by atoms with van der Waals surface area (Å²) in [4.78, 5) is 14.6. The Balaban J connectivity index is 1.91. The van der Waals surface area contributed by atoms with Crippen LogP contribution in [0, 0.1) is 13.8 Å². The van der Waals surface area contributed by atoms with Crippen molar-refractivity contribution in [3.05, 3.63) is 41.0 Å². The maximum atomic E-state index is 11.7. The Morgan fingerprint density at radius 2 is 2.28 bits per heavy atom. The Kier molecular flexibility index (Phi) is 3.50. The van der Waals surface area contributed by atoms with Gasteiger partial charge in [-0.1, -0.05) is 0 Å². The number of hydrogen-bond donors (Lipinski definition) is 2. The molecule has 1 amide bonds. The minimum absolute atomic E-state index is 0.0702. The van der Waals surface area contributed by atoms with Crippen molar-refractivity contribution in [2.75, 3.05) is 6.54 Å². The number of rotatable bonds is 4. The van der Waals surface area contributed by atoms with Crippen LogP contribution in [0.4, 0.5) is 0 Å². The number of nitrogens with one attached hydrogen (secondary N) is 2. The maximum Gasteiger partial charge on any atom is 0.267 e. The van der Waals surface area contributed by atoms with E-state index in [-0.39, 0.29) is 5.91 Å². The van der Waals surface area contributed by atoms with Crippen LogP contribution in [0.15, 0.2) is 18.3 Å². The second-order valence-corrected chi connectivity index (χ2v) is 4.36. The number of aryl methyl sites for hydroxylation is 2. The van der Waals surface area contributed by atoms with Gasteiger partial charge in [0.05, 0.1) is 5.69 Å². The topological polar surface area (TPSA) is 62.7 Å². The van der Waals surface area contributed by atoms with E-state index in [2.05, 4.69) is 15.4 Å². The van der Waals surface area contributed by atoms with Crippen molar-refractivity contribution in [3.63, 3.8) is 0 Å². The van der Waals surface area contributed by atoms with E-state index < -0.39 is 0 Å². The van der Waals surface area contributed by atoms with Crippen LogP contribution >= 0.6 is 0 Å². The number of aromatic nitrogens is 3. The van der Waals surface area contributed by atoms with Crippen LogP contribution in [-0.4, -0.2) is 27.2 Å². The number of carbonyl (C=O) groups is 1. The molecule has 0 fully saturated rings. The number of hydrogen-bond acceptors (Lipinski definition) is 2. The summed E-state index contributed by atoms with van der Waals surface area (Å²) in [5, 5.41) is 7.25. The molecule has 0 spiro atoms. The van der Waals surface area contributed by atoms with E-state index in [1.54, 1.807) is 12.3 Å². The Bertz CT molecular complexity index is 540. The highest BCUT2D eigenvalue weighted by Gasteiger charge is 2.10. The Hall–Kier alpha value is -2.04. The maximum absolute atomic E-state index is 11.7. The smallest absolute Gasteiger partial charge is 0.267 e. The van der Waals surface area contributed by atoms with Crippen LogP contribution < -0.4 is 5.32 Å². The monoisotopic (exact) mass is 246 g/mol. The van der Waals surface area contributed by atoms with Gasteiger partial charge in [0.1, 0.15) is 5.69 Å². The van der Waals surface area contributed by atoms with Crippen LogP contribution in [-0.2, 0) is 13.5 Å². The van der Waals surface area contributed by atoms with Gasteiger partial charge in [0.15, 0.2) is 0 Å². The molecule has 18 heavy (non-hydrogen) atoms. The van der Waals surface area contributed by atoms with E-state index in [4.69, 9.17) is 0 Å². The van der Waals surface area contributed by atoms with Gasteiger partial charge in [0, 0.05) is 25.5 Å². The molecule has 2 aromatic rings. The standard InChI is InChI=1S/C13H18N4O/c1-9-11(10(2)17(3)16-9)6-8-15-13(18)12-5-4-7-14-12/h4-5,7,14H,6,8H2,1-3H3,(H,15,18). The van der Waals surface area contributed by atoms with Crippen LogP contribution in [0.3, 0.4) is 0 Å². The predicted molar refractivity (Wildman–Crippen MR) is 69.5 cm³/mol. The van der Waals surface area contributed by atoms with E-state index in [1.807, 2.05) is 31.6 Å². The molecule has 2 aromatic heterocycles. The lowest BCUT2D eigenvalue weighted by molar-refractivity contribution is 0.0949. The normalized spacial score (nSPS) is 10.6. The first kappa shape index (κ1) is 12.4. The Labute approximate surface area is 106 Å². The van der Waals surface area contributed by atoms with Crippen LogP contribution in [0.1, 0.15) is 27.4 Å². The quantitative estimate of drug-likeness (QED) is 0.855. The molecule has 5 nitrogen and oxygen atoms in total. The van der Waals surface area contributed by atoms with Crippen molar-refractivity contribution in [2.24, 2.45) is 7.05 Å². The van der Waals surface area contributed by atoms with Gasteiger partial charge in [-0.15, -0.1) is 0 Å². The summed E-state index contributed by atoms with van der Waals surface area (Å²) < 4.78 is 1.87. The van der Waals surface area contributed by atoms with E-state index in [0.717, 1.165) is 17.8 Å². The van der Waals surface area contributed by atoms with Gasteiger partial charge in [-0.05, 0) is 38.0 Å². The summed E-state index contributed by atoms with van der Waals surface area (Å²) >= 11 is 0. The molecule has 2 N–H and O–H groups in total. The third-order valence-corrected chi connectivity index (χ3v) is 3.16. The zero-order valence-electron chi connectivity index (χ0n) is 10.9. The lowest BCUT2D eigenvalue weighted by Gasteiger charge is -2.04. The minimum Gasteiger partial charge on any atom is -0.357 e. The predicted octanol–water partition coefficient (Wildman–Crippen LogP) is 1.34. The largest absolute Gasteiger partial charge is 0.357 e. The first-order valence-corrected chi connectivity index (χ1v) is 6.00. The molecule has 96 valence electrons. The van der Waals surface area contributed by atoms with E-state index in [0.29, 0.717) is 12.2 Å². The molecule has 0 saturated carbocycles. The molecule has 0 bridgehead atoms. The zero-order valence-corrected chi connectivity index (χ0v) is 10.9. The van der Waals surface area contributed by atoms with Crippen molar-refractivity contribution in [1.29, 1.82) is 0 Å². The van der Waals surface area contributed by atoms with Crippen molar-refractivity contribution >= 4 is 5.91 Å². The second kappa shape index (κ2) is 5.08. The van der Waals surface area contributed by atoms with E-state index >= 15 is 0 Å². The van der Waals surface area contributed by atoms with Crippen molar-refractivity contribution in [2.45, 2.75) is 20.3 Å². The molecule has 0 aliphatic heterocycles. The number of H-pyrrole nitrogens is 1. The first-order valence-electron chi connectivity index (χ1n) is 6.00. The van der Waals surface area contributed by atoms with Crippen molar-refractivity contribution < 1.29 is 4.79 Å². The molecular formula is C13H18N4O. The van der Waals surface area contributed by atoms with Gasteiger partial charge in [-0.3, -0.25) is 9.48 Å². The van der Waals surface area contributed by atoms with Crippen molar-refractivity contribution in [3.8, 4) is 0 Å². The fraction of sp³-hybridized carbons (Fsp3) is 0.385. The molecule has 2 rings (SSSR count). The number of nitrogens with zero attached hydrogens (tertiary/aromatic N) is 2. The molecule has 0 atom stereocenters. The van der Waals surface area contributed by atoms with Gasteiger partial charge in [0.2, 0.25) is 0 Å². The molecule has 0 unspecified atom stereocenters. The molecule has 0 aliphatic carbocycles. The van der Waals surface area contributed by atoms with Crippen LogP contribution in [0.2, 0.25) is 0 Å². The third-order valence-electron chi connectivity index (χ3n) is 3.16. The summed E-state index contributed by atoms with van der Waals surface area (Å²) in [5.74, 6) is -0.0702. The second-order valence-electron chi connectivity index (χ2n) is 4.36. The SMILES string of the molecule is Cc1nn(C)c(C)c1CCNC(=O)c1ccc[nH]1. The number of amides is 1. The van der Waals surface area contributed by atoms with Crippen molar-refractivity contribution in [1.82, 2.24) is 20.1 Å². The number of carbonyl (C=O) groups excluding carboxylic acids is 1. The highest BCUT2D eigenvalue weighted by atomic mass is 16.1. The zero-order chi connectivity index (χ0) is 13.1. The molecule has 0 radical (unpaired) electrons. The van der Waals surface area contributed by atoms with Gasteiger partial charge in [-0.2, -0.15) is 5.10 Å². The lowest BCUT2D eigenvalue weighted by atomic mass is 10.1. The number of aromatic amines is 1. The fourth-order valence-electron chi connectivity index (χ4n) is 2.05. The molecule has 2 heterocycles. The van der Waals surface area contributed by atoms with Gasteiger partial charge in [0.25, 0.3) is 5.91 Å². The van der Waals surface area contributed by atoms with Gasteiger partial charge < -0.3 is 10.3 Å². The lowest BCUT2D eigenvalue weighted by Crippen LogP contribution is -2.26. The van der Waals surface area contributed by atoms with Crippen LogP contribution in [0.5, 0.6) is 0 Å². The van der Waals surface area contributed by atoms with Crippen LogP contribution in [0.25, 0.3) is 0 Å². The van der Waals surface area contributed by atoms with Gasteiger partial charge in [-0.25, -0.2) is 0 Å². The molecule has 0 saturated heterocycles. The third kappa shape index (κ3) is 2.45. The fourth-order valence-corrected chi connectivity index (χ4v) is 2.05. The summed E-state index contributed by atoms with van der Waals surface area (Å²) in [6, 6.07) is 3.57. The molecule has 0 aliphatic rings. The van der Waals surface area contributed by atoms with E-state index in [1.165, 1.54) is 5.56 Å². The average Bonchev–Trinajstić information content (AvgIpc) is 2.93. The Morgan fingerprint density at radius 3 is 2.83 bits per heavy atom. The van der Waals surface area contributed by atoms with Gasteiger partial charge >= 0.3 is 0 Å². The average molecular weight is 246 g/mol. The summed E-state index contributed by atoms with van der Waals surface area (Å²) in [7, 11) is 1.93. The summed E-state index contributed by atoms with van der Waals surface area (Å²) in [6.07, 6.45) is 2.54. The minimum atomic E-state index is -0.0702. The highest BCUT2D eigenvalue weighted by Crippen LogP contribution is 2.11. The first-order chi connectivity index (χ1) is 8.59. The molecule has 5 heteroatoms. The molecule has 0 aromatic carbocycles. The Morgan fingerprint density at radius 1 is 1.50 bits per heavy atom. The highest BCUT2D eigenvalue weighted by molar-refractivity contribution is 5.92. The van der Waals surface area contributed by atoms with E-state index in [9.17, 15) is 4.79 Å². The summed E-state index contributed by atoms with van der Waals surface area (Å²) in [5.41, 5.74) is 3.99. The summed E-state index contributed by atoms with van der Waals surface area (Å²) in [6.45, 7) is 4.66. The molecular weight excluding hydrogens is 228 g/mol.